The molecule has 1 aliphatic rings. The van der Waals surface area contributed by atoms with Gasteiger partial charge in [0.25, 0.3) is 5.91 Å². The van der Waals surface area contributed by atoms with Crippen LogP contribution in [0.1, 0.15) is 16.8 Å². The molecule has 6 heteroatoms. The second-order valence-electron chi connectivity index (χ2n) is 4.52. The van der Waals surface area contributed by atoms with E-state index in [1.807, 2.05) is 12.1 Å². The molecule has 2 rings (SSSR count). The quantitative estimate of drug-likeness (QED) is 0.856. The van der Waals surface area contributed by atoms with Gasteiger partial charge >= 0.3 is 5.97 Å². The van der Waals surface area contributed by atoms with Crippen LogP contribution in [0.15, 0.2) is 29.2 Å². The predicted molar refractivity (Wildman–Crippen MR) is 74.4 cm³/mol. The number of nitriles is 1. The Hall–Kier alpha value is -2.00. The van der Waals surface area contributed by atoms with Crippen LogP contribution >= 0.6 is 11.8 Å². The smallest absolute Gasteiger partial charge is 0.308 e. The van der Waals surface area contributed by atoms with Crippen LogP contribution in [0.5, 0.6) is 0 Å². The second kappa shape index (κ2) is 6.44. The maximum absolute atomic E-state index is 12.4. The number of carbonyl (C=O) groups excluding carboxylic acids is 1. The summed E-state index contributed by atoms with van der Waals surface area (Å²) >= 11 is 1.32. The number of carboxylic acids is 1. The SMILES string of the molecule is N#CCSc1ccccc1C(=O)N1CCC(C(=O)O)C1. The number of aliphatic carboxylic acids is 1. The summed E-state index contributed by atoms with van der Waals surface area (Å²) in [6, 6.07) is 9.15. The molecule has 0 bridgehead atoms. The zero-order valence-electron chi connectivity index (χ0n) is 10.8. The Kier molecular flexibility index (Phi) is 4.64. The number of nitrogens with zero attached hydrogens (tertiary/aromatic N) is 2. The lowest BCUT2D eigenvalue weighted by Crippen LogP contribution is -2.30. The molecule has 1 N–H and O–H groups in total. The summed E-state index contributed by atoms with van der Waals surface area (Å²) in [5.41, 5.74) is 0.541. The number of hydrogen-bond acceptors (Lipinski definition) is 4. The van der Waals surface area contributed by atoms with Crippen molar-refractivity contribution < 1.29 is 14.7 Å². The summed E-state index contributed by atoms with van der Waals surface area (Å²) in [5, 5.41) is 17.6. The third kappa shape index (κ3) is 3.11. The molecule has 1 aliphatic heterocycles. The zero-order valence-corrected chi connectivity index (χ0v) is 11.6. The highest BCUT2D eigenvalue weighted by Gasteiger charge is 2.31. The van der Waals surface area contributed by atoms with Gasteiger partial charge in [-0.2, -0.15) is 5.26 Å². The molecule has 1 aromatic rings. The van der Waals surface area contributed by atoms with E-state index in [2.05, 4.69) is 0 Å². The lowest BCUT2D eigenvalue weighted by atomic mass is 10.1. The van der Waals surface area contributed by atoms with Gasteiger partial charge in [-0.05, 0) is 18.6 Å². The molecule has 0 spiro atoms. The number of carbonyl (C=O) groups is 2. The molecule has 0 aliphatic carbocycles. The van der Waals surface area contributed by atoms with Gasteiger partial charge in [0.15, 0.2) is 0 Å². The summed E-state index contributed by atoms with van der Waals surface area (Å²) < 4.78 is 0. The first-order valence-corrected chi connectivity index (χ1v) is 7.23. The lowest BCUT2D eigenvalue weighted by Gasteiger charge is -2.17. The van der Waals surface area contributed by atoms with Gasteiger partial charge in [0.05, 0.1) is 23.3 Å². The average Bonchev–Trinajstić information content (AvgIpc) is 2.94. The first-order valence-electron chi connectivity index (χ1n) is 6.24. The maximum Gasteiger partial charge on any atom is 0.308 e. The minimum Gasteiger partial charge on any atom is -0.481 e. The van der Waals surface area contributed by atoms with Crippen LogP contribution in [-0.2, 0) is 4.79 Å². The van der Waals surface area contributed by atoms with Crippen LogP contribution in [0.4, 0.5) is 0 Å². The number of likely N-dealkylation sites (tertiary alicyclic amines) is 1. The van der Waals surface area contributed by atoms with Gasteiger partial charge in [-0.3, -0.25) is 9.59 Å². The van der Waals surface area contributed by atoms with Crippen molar-refractivity contribution in [1.82, 2.24) is 4.90 Å². The number of carboxylic acid groups (broad SMARTS) is 1. The van der Waals surface area contributed by atoms with Crippen molar-refractivity contribution in [2.24, 2.45) is 5.92 Å². The number of thioether (sulfide) groups is 1. The van der Waals surface area contributed by atoms with Crippen LogP contribution in [0.2, 0.25) is 0 Å². The molecule has 0 saturated carbocycles. The summed E-state index contributed by atoms with van der Waals surface area (Å²) in [6.07, 6.45) is 0.495. The number of rotatable bonds is 4. The molecule has 1 fully saturated rings. The second-order valence-corrected chi connectivity index (χ2v) is 5.54. The van der Waals surface area contributed by atoms with Crippen molar-refractivity contribution in [2.45, 2.75) is 11.3 Å². The molecule has 1 heterocycles. The number of benzene rings is 1. The van der Waals surface area contributed by atoms with Gasteiger partial charge in [-0.15, -0.1) is 11.8 Å². The van der Waals surface area contributed by atoms with Gasteiger partial charge < -0.3 is 10.0 Å². The van der Waals surface area contributed by atoms with E-state index in [1.54, 1.807) is 23.1 Å². The third-order valence-electron chi connectivity index (χ3n) is 3.23. The predicted octanol–water partition coefficient (Wildman–Crippen LogP) is 1.85. The summed E-state index contributed by atoms with van der Waals surface area (Å²) in [6.45, 7) is 0.721. The number of hydrogen-bond donors (Lipinski definition) is 1. The summed E-state index contributed by atoms with van der Waals surface area (Å²) in [5.74, 6) is -1.21. The van der Waals surface area contributed by atoms with Crippen LogP contribution in [-0.4, -0.2) is 40.7 Å². The minimum absolute atomic E-state index is 0.158. The van der Waals surface area contributed by atoms with E-state index in [9.17, 15) is 9.59 Å². The fourth-order valence-electron chi connectivity index (χ4n) is 2.20. The Balaban J connectivity index is 2.14. The fourth-order valence-corrected chi connectivity index (χ4v) is 2.90. The molecule has 0 aromatic heterocycles. The van der Waals surface area contributed by atoms with E-state index in [4.69, 9.17) is 10.4 Å². The maximum atomic E-state index is 12.4. The first kappa shape index (κ1) is 14.4. The first-order chi connectivity index (χ1) is 9.63. The van der Waals surface area contributed by atoms with Crippen molar-refractivity contribution >= 4 is 23.6 Å². The summed E-state index contributed by atoms with van der Waals surface area (Å²) in [4.78, 5) is 25.7. The molecule has 1 atom stereocenters. The van der Waals surface area contributed by atoms with Crippen LogP contribution in [0.3, 0.4) is 0 Å². The Morgan fingerprint density at radius 1 is 1.45 bits per heavy atom. The fraction of sp³-hybridized carbons (Fsp3) is 0.357. The molecular formula is C14H14N2O3S. The monoisotopic (exact) mass is 290 g/mol. The molecule has 104 valence electrons. The van der Waals surface area contributed by atoms with Crippen LogP contribution in [0.25, 0.3) is 0 Å². The van der Waals surface area contributed by atoms with E-state index in [0.717, 1.165) is 4.90 Å². The molecule has 20 heavy (non-hydrogen) atoms. The Morgan fingerprint density at radius 2 is 2.20 bits per heavy atom. The van der Waals surface area contributed by atoms with Crippen molar-refractivity contribution in [3.05, 3.63) is 29.8 Å². The van der Waals surface area contributed by atoms with Gasteiger partial charge in [0.2, 0.25) is 0 Å². The number of amides is 1. The van der Waals surface area contributed by atoms with Gasteiger partial charge in [-0.1, -0.05) is 12.1 Å². The van der Waals surface area contributed by atoms with Gasteiger partial charge in [0.1, 0.15) is 0 Å². The van der Waals surface area contributed by atoms with E-state index in [1.165, 1.54) is 11.8 Å². The molecule has 5 nitrogen and oxygen atoms in total. The highest BCUT2D eigenvalue weighted by molar-refractivity contribution is 7.99. The van der Waals surface area contributed by atoms with E-state index in [0.29, 0.717) is 18.5 Å². The van der Waals surface area contributed by atoms with Gasteiger partial charge in [-0.25, -0.2) is 0 Å². The van der Waals surface area contributed by atoms with Crippen molar-refractivity contribution in [3.8, 4) is 6.07 Å². The van der Waals surface area contributed by atoms with E-state index < -0.39 is 11.9 Å². The molecule has 1 unspecified atom stereocenters. The largest absolute Gasteiger partial charge is 0.481 e. The van der Waals surface area contributed by atoms with Crippen molar-refractivity contribution in [3.63, 3.8) is 0 Å². The van der Waals surface area contributed by atoms with Crippen LogP contribution < -0.4 is 0 Å². The van der Waals surface area contributed by atoms with Crippen molar-refractivity contribution in [2.75, 3.05) is 18.8 Å². The van der Waals surface area contributed by atoms with Crippen molar-refractivity contribution in [1.29, 1.82) is 5.26 Å². The van der Waals surface area contributed by atoms with Gasteiger partial charge in [0, 0.05) is 18.0 Å². The molecule has 0 radical (unpaired) electrons. The molecule has 1 amide bonds. The average molecular weight is 290 g/mol. The lowest BCUT2D eigenvalue weighted by molar-refractivity contribution is -0.141. The van der Waals surface area contributed by atoms with E-state index in [-0.39, 0.29) is 18.2 Å². The normalized spacial score (nSPS) is 17.8. The zero-order chi connectivity index (χ0) is 14.5. The Morgan fingerprint density at radius 3 is 2.85 bits per heavy atom. The topological polar surface area (TPSA) is 81.4 Å². The molecule has 1 aromatic carbocycles. The highest BCUT2D eigenvalue weighted by atomic mass is 32.2. The Labute approximate surface area is 121 Å². The molecule has 1 saturated heterocycles. The minimum atomic E-state index is -0.854. The molecular weight excluding hydrogens is 276 g/mol. The third-order valence-corrected chi connectivity index (χ3v) is 4.17. The summed E-state index contributed by atoms with van der Waals surface area (Å²) in [7, 11) is 0. The Bertz CT molecular complexity index is 568. The highest BCUT2D eigenvalue weighted by Crippen LogP contribution is 2.26. The van der Waals surface area contributed by atoms with Crippen LogP contribution in [0, 0.1) is 17.2 Å². The standard InChI is InChI=1S/C14H14N2O3S/c15-6-8-20-12-4-2-1-3-11(12)13(17)16-7-5-10(9-16)14(18)19/h1-4,10H,5,7-9H2,(H,18,19). The van der Waals surface area contributed by atoms with E-state index >= 15 is 0 Å².